The number of aliphatic hydroxyl groups excluding tert-OH is 1. The smallest absolute Gasteiger partial charge is 0.252 e. The van der Waals surface area contributed by atoms with Gasteiger partial charge in [-0.15, -0.1) is 0 Å². The number of alkyl halides is 2. The van der Waals surface area contributed by atoms with Gasteiger partial charge in [-0.2, -0.15) is 4.31 Å². The van der Waals surface area contributed by atoms with E-state index in [0.717, 1.165) is 0 Å². The number of sulfone groups is 1. The van der Waals surface area contributed by atoms with Crippen molar-refractivity contribution in [3.05, 3.63) is 0 Å². The number of aliphatic hydroxyl groups is 1. The first-order valence-corrected chi connectivity index (χ1v) is 7.80. The lowest BCUT2D eigenvalue weighted by atomic mass is 10.6. The number of nitrogens with zero attached hydrogens (tertiary/aromatic N) is 1. The molecule has 0 radical (unpaired) electrons. The van der Waals surface area contributed by atoms with Crippen molar-refractivity contribution in [1.29, 1.82) is 0 Å². The molecule has 0 atom stereocenters. The monoisotopic (exact) mass is 281 g/mol. The molecule has 0 aromatic heterocycles. The molecule has 1 N–H and O–H groups in total. The second-order valence-electron chi connectivity index (χ2n) is 3.13. The molecule has 0 aliphatic rings. The van der Waals surface area contributed by atoms with Crippen LogP contribution < -0.4 is 0 Å². The highest BCUT2D eigenvalue weighted by Crippen LogP contribution is 2.07. The summed E-state index contributed by atoms with van der Waals surface area (Å²) in [7, 11) is -8.17. The summed E-state index contributed by atoms with van der Waals surface area (Å²) in [4.78, 5) is 0. The molecular formula is C6H13F2NO5S2. The van der Waals surface area contributed by atoms with Gasteiger partial charge in [-0.05, 0) is 0 Å². The van der Waals surface area contributed by atoms with Gasteiger partial charge in [0.1, 0.15) is 0 Å². The molecule has 0 fully saturated rings. The summed E-state index contributed by atoms with van der Waals surface area (Å²) in [6.07, 6.45) is -2.25. The van der Waals surface area contributed by atoms with Crippen molar-refractivity contribution in [1.82, 2.24) is 4.31 Å². The van der Waals surface area contributed by atoms with Crippen molar-refractivity contribution >= 4 is 19.9 Å². The van der Waals surface area contributed by atoms with Gasteiger partial charge < -0.3 is 5.11 Å². The SMILES string of the molecule is CS(=O)(=O)CS(=O)(=O)N(CCO)CC(F)F. The van der Waals surface area contributed by atoms with Crippen molar-refractivity contribution in [2.75, 3.05) is 31.0 Å². The molecule has 0 unspecified atom stereocenters. The molecule has 0 aromatic carbocycles. The quantitative estimate of drug-likeness (QED) is 0.638. The summed E-state index contributed by atoms with van der Waals surface area (Å²) in [6.45, 7) is -2.34. The molecule has 0 aliphatic heterocycles. The van der Waals surface area contributed by atoms with Gasteiger partial charge in [-0.25, -0.2) is 25.6 Å². The van der Waals surface area contributed by atoms with Crippen LogP contribution in [-0.4, -0.2) is 63.7 Å². The van der Waals surface area contributed by atoms with Crippen LogP contribution in [0.5, 0.6) is 0 Å². The van der Waals surface area contributed by atoms with Gasteiger partial charge in [0.25, 0.3) is 6.43 Å². The minimum atomic E-state index is -4.33. The van der Waals surface area contributed by atoms with Crippen molar-refractivity contribution < 1.29 is 30.7 Å². The average Bonchev–Trinajstić information content (AvgIpc) is 1.97. The molecule has 10 heteroatoms. The number of sulfonamides is 1. The molecule has 0 bridgehead atoms. The zero-order chi connectivity index (χ0) is 13.0. The molecule has 0 aromatic rings. The van der Waals surface area contributed by atoms with Crippen LogP contribution in [0.25, 0.3) is 0 Å². The standard InChI is InChI=1S/C6H13F2NO5S2/c1-15(11,12)5-16(13,14)9(2-3-10)4-6(7)8/h6,10H,2-5H2,1H3. The van der Waals surface area contributed by atoms with E-state index < -0.39 is 51.1 Å². The molecule has 0 saturated carbocycles. The molecule has 0 rings (SSSR count). The van der Waals surface area contributed by atoms with E-state index >= 15 is 0 Å². The Hall–Kier alpha value is -0.320. The lowest BCUT2D eigenvalue weighted by Crippen LogP contribution is -2.40. The topological polar surface area (TPSA) is 91.8 Å². The highest BCUT2D eigenvalue weighted by Gasteiger charge is 2.28. The zero-order valence-corrected chi connectivity index (χ0v) is 10.1. The van der Waals surface area contributed by atoms with Crippen LogP contribution in [-0.2, 0) is 19.9 Å². The van der Waals surface area contributed by atoms with Gasteiger partial charge >= 0.3 is 0 Å². The fourth-order valence-electron chi connectivity index (χ4n) is 0.954. The minimum absolute atomic E-state index is 0.263. The Morgan fingerprint density at radius 3 is 2.06 bits per heavy atom. The third-order valence-corrected chi connectivity index (χ3v) is 5.47. The van der Waals surface area contributed by atoms with E-state index in [0.29, 0.717) is 6.26 Å². The minimum Gasteiger partial charge on any atom is -0.395 e. The molecule has 16 heavy (non-hydrogen) atoms. The number of hydrogen-bond donors (Lipinski definition) is 1. The second-order valence-corrected chi connectivity index (χ2v) is 7.60. The highest BCUT2D eigenvalue weighted by molar-refractivity contribution is 8.06. The molecule has 0 aliphatic carbocycles. The Morgan fingerprint density at radius 1 is 1.25 bits per heavy atom. The molecule has 98 valence electrons. The van der Waals surface area contributed by atoms with E-state index in [2.05, 4.69) is 0 Å². The van der Waals surface area contributed by atoms with Crippen LogP contribution in [0.4, 0.5) is 8.78 Å². The molecule has 0 spiro atoms. The zero-order valence-electron chi connectivity index (χ0n) is 8.51. The van der Waals surface area contributed by atoms with E-state index in [1.54, 1.807) is 0 Å². The largest absolute Gasteiger partial charge is 0.395 e. The van der Waals surface area contributed by atoms with Gasteiger partial charge in [0.15, 0.2) is 14.9 Å². The van der Waals surface area contributed by atoms with E-state index in [4.69, 9.17) is 5.11 Å². The number of halogens is 2. The number of hydrogen-bond acceptors (Lipinski definition) is 5. The van der Waals surface area contributed by atoms with Crippen molar-refractivity contribution in [3.8, 4) is 0 Å². The first-order valence-electron chi connectivity index (χ1n) is 4.13. The van der Waals surface area contributed by atoms with Gasteiger partial charge in [-0.1, -0.05) is 0 Å². The second kappa shape index (κ2) is 5.84. The maximum atomic E-state index is 12.0. The van der Waals surface area contributed by atoms with E-state index in [-0.39, 0.29) is 4.31 Å². The van der Waals surface area contributed by atoms with Crippen LogP contribution in [0, 0.1) is 0 Å². The fraction of sp³-hybridized carbons (Fsp3) is 1.00. The van der Waals surface area contributed by atoms with Crippen LogP contribution in [0.3, 0.4) is 0 Å². The fourth-order valence-corrected chi connectivity index (χ4v) is 4.41. The van der Waals surface area contributed by atoms with Gasteiger partial charge in [0.05, 0.1) is 13.2 Å². The van der Waals surface area contributed by atoms with Crippen LogP contribution in [0.1, 0.15) is 0 Å². The third-order valence-electron chi connectivity index (χ3n) is 1.45. The summed E-state index contributed by atoms with van der Waals surface area (Å²) in [5.74, 6) is 0. The number of rotatable bonds is 7. The normalized spacial score (nSPS) is 13.6. The lowest BCUT2D eigenvalue weighted by molar-refractivity contribution is 0.113. The van der Waals surface area contributed by atoms with Crippen molar-refractivity contribution in [3.63, 3.8) is 0 Å². The predicted octanol–water partition coefficient (Wildman–Crippen LogP) is -1.12. The van der Waals surface area contributed by atoms with Gasteiger partial charge in [0, 0.05) is 12.8 Å². The Labute approximate surface area is 92.8 Å². The Balaban J connectivity index is 4.90. The summed E-state index contributed by atoms with van der Waals surface area (Å²) >= 11 is 0. The maximum Gasteiger partial charge on any atom is 0.252 e. The Bertz CT molecular complexity index is 405. The average molecular weight is 281 g/mol. The Kier molecular flexibility index (Phi) is 5.73. The summed E-state index contributed by atoms with van der Waals surface area (Å²) in [6, 6.07) is 0. The summed E-state index contributed by atoms with van der Waals surface area (Å²) < 4.78 is 68.7. The van der Waals surface area contributed by atoms with Crippen molar-refractivity contribution in [2.24, 2.45) is 0 Å². The van der Waals surface area contributed by atoms with Crippen LogP contribution >= 0.6 is 0 Å². The van der Waals surface area contributed by atoms with Gasteiger partial charge in [0.2, 0.25) is 10.0 Å². The first kappa shape index (κ1) is 15.7. The molecule has 0 heterocycles. The van der Waals surface area contributed by atoms with Crippen LogP contribution in [0.15, 0.2) is 0 Å². The molecule has 6 nitrogen and oxygen atoms in total. The molecule has 0 saturated heterocycles. The lowest BCUT2D eigenvalue weighted by Gasteiger charge is -2.19. The summed E-state index contributed by atoms with van der Waals surface area (Å²) in [5, 5.41) is 7.27. The summed E-state index contributed by atoms with van der Waals surface area (Å²) in [5.41, 5.74) is 0. The van der Waals surface area contributed by atoms with E-state index in [1.165, 1.54) is 0 Å². The van der Waals surface area contributed by atoms with Crippen LogP contribution in [0.2, 0.25) is 0 Å². The van der Waals surface area contributed by atoms with Gasteiger partial charge in [-0.3, -0.25) is 0 Å². The van der Waals surface area contributed by atoms with E-state index in [1.807, 2.05) is 0 Å². The molecular weight excluding hydrogens is 268 g/mol. The third kappa shape index (κ3) is 6.30. The van der Waals surface area contributed by atoms with Crippen molar-refractivity contribution in [2.45, 2.75) is 6.43 Å². The van der Waals surface area contributed by atoms with E-state index in [9.17, 15) is 25.6 Å². The predicted molar refractivity (Wildman–Crippen MR) is 53.3 cm³/mol. The Morgan fingerprint density at radius 2 is 1.75 bits per heavy atom. The molecule has 0 amide bonds. The maximum absolute atomic E-state index is 12.0. The first-order chi connectivity index (χ1) is 7.08. The highest BCUT2D eigenvalue weighted by atomic mass is 32.3.